The second-order valence-electron chi connectivity index (χ2n) is 10.2. The summed E-state index contributed by atoms with van der Waals surface area (Å²) in [7, 11) is 3.96. The van der Waals surface area contributed by atoms with Crippen LogP contribution < -0.4 is 0 Å². The SMILES string of the molecule is CCO[Si](CCCc1cccc(C)c1SSSSSc1c(C)cccc1CCC[Si](OCC)(OCC)OCC)(OCC)OCC. The van der Waals surface area contributed by atoms with Gasteiger partial charge in [0.05, 0.1) is 0 Å². The largest absolute Gasteiger partial charge is 0.500 e. The summed E-state index contributed by atoms with van der Waals surface area (Å²) in [5.74, 6) is 0. The molecule has 45 heavy (non-hydrogen) atoms. The topological polar surface area (TPSA) is 55.4 Å². The maximum atomic E-state index is 6.07. The summed E-state index contributed by atoms with van der Waals surface area (Å²) in [6, 6.07) is 14.9. The first kappa shape index (κ1) is 41.6. The number of hydrogen-bond donors (Lipinski definition) is 0. The zero-order valence-corrected chi connectivity index (χ0v) is 34.5. The minimum atomic E-state index is -2.63. The van der Waals surface area contributed by atoms with E-state index in [-0.39, 0.29) is 0 Å². The van der Waals surface area contributed by atoms with E-state index in [1.165, 1.54) is 32.0 Å². The molecule has 13 heteroatoms. The van der Waals surface area contributed by atoms with Crippen LogP contribution in [0.1, 0.15) is 76.6 Å². The lowest BCUT2D eigenvalue weighted by molar-refractivity contribution is 0.0700. The molecular formula is C32H54O6S5Si2. The zero-order chi connectivity index (χ0) is 33.0. The molecule has 6 nitrogen and oxygen atoms in total. The summed E-state index contributed by atoms with van der Waals surface area (Å²) >= 11 is 0. The van der Waals surface area contributed by atoms with Crippen LogP contribution in [0.5, 0.6) is 0 Å². The van der Waals surface area contributed by atoms with E-state index < -0.39 is 17.6 Å². The van der Waals surface area contributed by atoms with Crippen LogP contribution in [-0.2, 0) is 39.4 Å². The molecule has 0 N–H and O–H groups in total. The van der Waals surface area contributed by atoms with Gasteiger partial charge >= 0.3 is 17.6 Å². The Morgan fingerprint density at radius 2 is 0.822 bits per heavy atom. The highest BCUT2D eigenvalue weighted by Crippen LogP contribution is 2.54. The third kappa shape index (κ3) is 14.4. The van der Waals surface area contributed by atoms with Crippen LogP contribution in [0.25, 0.3) is 0 Å². The summed E-state index contributed by atoms with van der Waals surface area (Å²) in [5, 5.41) is 0. The van der Waals surface area contributed by atoms with Crippen molar-refractivity contribution in [3.05, 3.63) is 58.7 Å². The van der Waals surface area contributed by atoms with Gasteiger partial charge < -0.3 is 26.6 Å². The van der Waals surface area contributed by atoms with Gasteiger partial charge in [-0.1, -0.05) is 36.4 Å². The molecule has 2 aromatic carbocycles. The van der Waals surface area contributed by atoms with E-state index in [0.29, 0.717) is 39.6 Å². The van der Waals surface area contributed by atoms with Crippen LogP contribution in [0.15, 0.2) is 46.2 Å². The van der Waals surface area contributed by atoms with Crippen molar-refractivity contribution in [2.45, 2.75) is 103 Å². The van der Waals surface area contributed by atoms with Crippen molar-refractivity contribution >= 4 is 68.7 Å². The van der Waals surface area contributed by atoms with Crippen LogP contribution in [0.4, 0.5) is 0 Å². The predicted octanol–water partition coefficient (Wildman–Crippen LogP) is 11.0. The number of rotatable bonds is 26. The highest BCUT2D eigenvalue weighted by molar-refractivity contribution is 9.35. The first-order valence-corrected chi connectivity index (χ1v) is 26.2. The quantitative estimate of drug-likeness (QED) is 0.0525. The molecule has 0 saturated heterocycles. The monoisotopic (exact) mass is 750 g/mol. The standard InChI is InChI=1S/C32H54O6S5Si2/c1-9-33-44(34-10-2,35-11-3)25-17-23-29-21-15-19-27(7)31(29)39-41-43-42-40-32-28(8)20-16-22-30(32)24-18-26-45(36-12-4,37-13-5)38-14-6/h15-16,19-22H,9-14,17-18,23-26H2,1-8H3. The summed E-state index contributed by atoms with van der Waals surface area (Å²) in [6.07, 6.45) is 3.91. The minimum Gasteiger partial charge on any atom is -0.374 e. The Labute approximate surface area is 294 Å². The molecule has 2 rings (SSSR count). The summed E-state index contributed by atoms with van der Waals surface area (Å²) < 4.78 is 36.4. The van der Waals surface area contributed by atoms with E-state index in [1.807, 2.05) is 92.6 Å². The summed E-state index contributed by atoms with van der Waals surface area (Å²) in [5.41, 5.74) is 5.39. The third-order valence-corrected chi connectivity index (χ3v) is 21.9. The Morgan fingerprint density at radius 3 is 1.13 bits per heavy atom. The predicted molar refractivity (Wildman–Crippen MR) is 204 cm³/mol. The summed E-state index contributed by atoms with van der Waals surface area (Å²) in [6.45, 7) is 20.2. The van der Waals surface area contributed by atoms with Crippen LogP contribution in [0, 0.1) is 13.8 Å². The molecule has 0 fully saturated rings. The maximum absolute atomic E-state index is 6.07. The van der Waals surface area contributed by atoms with Crippen molar-refractivity contribution < 1.29 is 26.6 Å². The molecule has 0 heterocycles. The molecule has 0 aliphatic carbocycles. The van der Waals surface area contributed by atoms with Gasteiger partial charge in [-0.3, -0.25) is 0 Å². The highest BCUT2D eigenvalue weighted by atomic mass is 33.8. The fourth-order valence-corrected chi connectivity index (χ4v) is 19.5. The molecule has 0 spiro atoms. The summed E-state index contributed by atoms with van der Waals surface area (Å²) in [4.78, 5) is 2.72. The van der Waals surface area contributed by atoms with Gasteiger partial charge in [-0.2, -0.15) is 0 Å². The average molecular weight is 751 g/mol. The first-order valence-electron chi connectivity index (χ1n) is 16.2. The Kier molecular flexibility index (Phi) is 21.9. The molecule has 0 atom stereocenters. The molecule has 0 amide bonds. The van der Waals surface area contributed by atoms with Gasteiger partial charge in [0, 0.05) is 61.5 Å². The highest BCUT2D eigenvalue weighted by Gasteiger charge is 2.40. The number of benzene rings is 2. The van der Waals surface area contributed by atoms with Crippen molar-refractivity contribution in [3.8, 4) is 0 Å². The zero-order valence-electron chi connectivity index (χ0n) is 28.4. The molecule has 0 saturated carbocycles. The molecule has 0 radical (unpaired) electrons. The fourth-order valence-electron chi connectivity index (χ4n) is 5.16. The van der Waals surface area contributed by atoms with Crippen molar-refractivity contribution in [2.75, 3.05) is 39.6 Å². The normalized spacial score (nSPS) is 12.3. The Hall–Kier alpha value is 0.384. The van der Waals surface area contributed by atoms with Gasteiger partial charge in [0.15, 0.2) is 0 Å². The lowest BCUT2D eigenvalue weighted by atomic mass is 10.1. The van der Waals surface area contributed by atoms with Crippen molar-refractivity contribution in [2.24, 2.45) is 0 Å². The lowest BCUT2D eigenvalue weighted by Gasteiger charge is -2.28. The second kappa shape index (κ2) is 23.7. The smallest absolute Gasteiger partial charge is 0.374 e. The lowest BCUT2D eigenvalue weighted by Crippen LogP contribution is -2.46. The third-order valence-electron chi connectivity index (χ3n) is 6.92. The van der Waals surface area contributed by atoms with Crippen LogP contribution in [-0.4, -0.2) is 57.3 Å². The van der Waals surface area contributed by atoms with E-state index in [9.17, 15) is 0 Å². The van der Waals surface area contributed by atoms with Crippen LogP contribution in [0.2, 0.25) is 12.1 Å². The first-order chi connectivity index (χ1) is 21.8. The number of hydrogen-bond acceptors (Lipinski definition) is 11. The van der Waals surface area contributed by atoms with Gasteiger partial charge in [0.25, 0.3) is 0 Å². The second-order valence-corrected chi connectivity index (χ2v) is 23.1. The van der Waals surface area contributed by atoms with Crippen molar-refractivity contribution in [1.29, 1.82) is 0 Å². The number of aryl methyl sites for hydroxylation is 4. The van der Waals surface area contributed by atoms with Gasteiger partial charge in [0.1, 0.15) is 0 Å². The Balaban J connectivity index is 1.95. The molecule has 0 unspecified atom stereocenters. The molecule has 0 aliphatic heterocycles. The maximum Gasteiger partial charge on any atom is 0.500 e. The minimum absolute atomic E-state index is 0.614. The average Bonchev–Trinajstić information content (AvgIpc) is 3.00. The Bertz CT molecular complexity index is 982. The van der Waals surface area contributed by atoms with Gasteiger partial charge in [0.2, 0.25) is 0 Å². The van der Waals surface area contributed by atoms with Crippen LogP contribution >= 0.6 is 51.1 Å². The molecule has 2 aromatic rings. The van der Waals surface area contributed by atoms with Gasteiger partial charge in [-0.25, -0.2) is 0 Å². The van der Waals surface area contributed by atoms with E-state index in [0.717, 1.165) is 37.8 Å². The molecule has 256 valence electrons. The molecule has 0 bridgehead atoms. The fraction of sp³-hybridized carbons (Fsp3) is 0.625. The van der Waals surface area contributed by atoms with Gasteiger partial charge in [-0.15, -0.1) is 0 Å². The Morgan fingerprint density at radius 1 is 0.489 bits per heavy atom. The van der Waals surface area contributed by atoms with Crippen molar-refractivity contribution in [3.63, 3.8) is 0 Å². The molecule has 0 aromatic heterocycles. The van der Waals surface area contributed by atoms with E-state index in [2.05, 4.69) is 50.2 Å². The van der Waals surface area contributed by atoms with Gasteiger partial charge in [-0.05, 0) is 154 Å². The molecule has 0 aliphatic rings. The van der Waals surface area contributed by atoms with E-state index in [1.54, 1.807) is 0 Å². The van der Waals surface area contributed by atoms with Crippen LogP contribution in [0.3, 0.4) is 0 Å². The van der Waals surface area contributed by atoms with E-state index in [4.69, 9.17) is 26.6 Å². The van der Waals surface area contributed by atoms with E-state index >= 15 is 0 Å². The van der Waals surface area contributed by atoms with Crippen molar-refractivity contribution in [1.82, 2.24) is 0 Å². The molecular weight excluding hydrogens is 697 g/mol.